The summed E-state index contributed by atoms with van der Waals surface area (Å²) in [7, 11) is 0. The predicted octanol–water partition coefficient (Wildman–Crippen LogP) is 5.32. The van der Waals surface area contributed by atoms with Gasteiger partial charge in [-0.3, -0.25) is 9.59 Å². The minimum Gasteiger partial charge on any atom is -0.440 e. The molecule has 0 saturated carbocycles. The zero-order chi connectivity index (χ0) is 30.7. The summed E-state index contributed by atoms with van der Waals surface area (Å²) in [6, 6.07) is 5.24. The monoisotopic (exact) mass is 589 g/mol. The average Bonchev–Trinajstić information content (AvgIpc) is 3.29. The lowest BCUT2D eigenvalue weighted by Crippen LogP contribution is -2.52. The minimum absolute atomic E-state index is 0.0219. The van der Waals surface area contributed by atoms with Crippen LogP contribution >= 0.6 is 11.6 Å². The standard InChI is InChI=1S/C31H41ClFN3O5/c1-19(2)15-26(29(39)35-25(18-37)16-22-13-14-34-28(22)38)36-30(40)41-27(20(3)9-7-10-21(4)33)31(5,6)23-11-8-12-24(32)17-23/h7-12,17-19,22,25-27H,3,13-16H2,1-2,4-6H3,(H,34,38)(H,35,39)(H,36,40)/b9-7-,21-10+/t22-,25-,26-,27-/m0/s1. The van der Waals surface area contributed by atoms with Gasteiger partial charge in [-0.15, -0.1) is 0 Å². The van der Waals surface area contributed by atoms with Crippen molar-refractivity contribution in [2.75, 3.05) is 6.54 Å². The number of alkyl carbamates (subject to hydrolysis) is 1. The molecule has 2 rings (SSSR count). The molecule has 4 atom stereocenters. The highest BCUT2D eigenvalue weighted by Crippen LogP contribution is 2.34. The summed E-state index contributed by atoms with van der Waals surface area (Å²) in [6.07, 6.45) is 4.14. The molecule has 1 saturated heterocycles. The molecule has 1 aromatic rings. The molecule has 1 aliphatic heterocycles. The Morgan fingerprint density at radius 2 is 2.00 bits per heavy atom. The first kappa shape index (κ1) is 33.7. The molecule has 224 valence electrons. The second-order valence-corrected chi connectivity index (χ2v) is 11.7. The highest BCUT2D eigenvalue weighted by Gasteiger charge is 2.37. The van der Waals surface area contributed by atoms with Gasteiger partial charge in [0.1, 0.15) is 18.4 Å². The molecule has 1 aliphatic rings. The Bertz CT molecular complexity index is 1180. The van der Waals surface area contributed by atoms with Crippen molar-refractivity contribution in [3.05, 3.63) is 71.1 Å². The molecule has 0 radical (unpaired) electrons. The van der Waals surface area contributed by atoms with Gasteiger partial charge in [-0.05, 0) is 61.4 Å². The quantitative estimate of drug-likeness (QED) is 0.201. The lowest BCUT2D eigenvalue weighted by atomic mass is 9.76. The first-order valence-corrected chi connectivity index (χ1v) is 14.1. The van der Waals surface area contributed by atoms with E-state index in [-0.39, 0.29) is 30.6 Å². The SMILES string of the molecule is C=C(/C=C\C=C(/C)F)[C@H](OC(=O)N[C@@H](CC(C)C)C(=O)N[C@H](C=O)C[C@@H]1CCNC1=O)C(C)(C)c1cccc(Cl)c1. The fraction of sp³-hybridized carbons (Fsp3) is 0.484. The van der Waals surface area contributed by atoms with Crippen LogP contribution in [0.5, 0.6) is 0 Å². The molecule has 8 nitrogen and oxygen atoms in total. The number of carbonyl (C=O) groups is 4. The number of hydrogen-bond acceptors (Lipinski definition) is 5. The molecule has 3 amide bonds. The third kappa shape index (κ3) is 10.5. The van der Waals surface area contributed by atoms with Gasteiger partial charge in [0.15, 0.2) is 0 Å². The number of rotatable bonds is 14. The summed E-state index contributed by atoms with van der Waals surface area (Å²) in [5.41, 5.74) is 0.345. The van der Waals surface area contributed by atoms with E-state index >= 15 is 0 Å². The lowest BCUT2D eigenvalue weighted by molar-refractivity contribution is -0.127. The fourth-order valence-electron chi connectivity index (χ4n) is 4.71. The molecule has 1 heterocycles. The van der Waals surface area contributed by atoms with Crippen molar-refractivity contribution >= 4 is 35.8 Å². The van der Waals surface area contributed by atoms with Crippen molar-refractivity contribution in [3.8, 4) is 0 Å². The normalized spacial score (nSPS) is 18.0. The summed E-state index contributed by atoms with van der Waals surface area (Å²) in [6.45, 7) is 13.4. The summed E-state index contributed by atoms with van der Waals surface area (Å²) in [5, 5.41) is 8.52. The van der Waals surface area contributed by atoms with Gasteiger partial charge in [-0.1, -0.05) is 70.2 Å². The lowest BCUT2D eigenvalue weighted by Gasteiger charge is -2.35. The van der Waals surface area contributed by atoms with E-state index in [9.17, 15) is 23.6 Å². The fourth-order valence-corrected chi connectivity index (χ4v) is 4.90. The van der Waals surface area contributed by atoms with Gasteiger partial charge < -0.3 is 25.5 Å². The van der Waals surface area contributed by atoms with Gasteiger partial charge in [0.25, 0.3) is 0 Å². The van der Waals surface area contributed by atoms with Crippen LogP contribution in [0.4, 0.5) is 9.18 Å². The number of hydrogen-bond donors (Lipinski definition) is 3. The van der Waals surface area contributed by atoms with Gasteiger partial charge in [0.2, 0.25) is 11.8 Å². The van der Waals surface area contributed by atoms with Crippen LogP contribution in [-0.4, -0.2) is 48.9 Å². The number of amides is 3. The number of allylic oxidation sites excluding steroid dienone is 3. The molecule has 1 fully saturated rings. The highest BCUT2D eigenvalue weighted by molar-refractivity contribution is 6.30. The first-order chi connectivity index (χ1) is 19.2. The average molecular weight is 590 g/mol. The molecule has 1 aromatic carbocycles. The van der Waals surface area contributed by atoms with Crippen LogP contribution in [0.15, 0.2) is 60.5 Å². The van der Waals surface area contributed by atoms with Crippen molar-refractivity contribution in [2.45, 2.75) is 77.5 Å². The zero-order valence-electron chi connectivity index (χ0n) is 24.3. The second-order valence-electron chi connectivity index (χ2n) is 11.3. The molecule has 0 aromatic heterocycles. The number of carbonyl (C=O) groups excluding carboxylic acids is 4. The first-order valence-electron chi connectivity index (χ1n) is 13.7. The Morgan fingerprint density at radius 1 is 1.29 bits per heavy atom. The van der Waals surface area contributed by atoms with Crippen LogP contribution in [0.2, 0.25) is 5.02 Å². The number of nitrogens with one attached hydrogen (secondary N) is 3. The van der Waals surface area contributed by atoms with Crippen molar-refractivity contribution < 1.29 is 28.3 Å². The molecule has 10 heteroatoms. The number of ether oxygens (including phenoxy) is 1. The van der Waals surface area contributed by atoms with E-state index in [0.717, 1.165) is 5.56 Å². The third-order valence-electron chi connectivity index (χ3n) is 6.93. The summed E-state index contributed by atoms with van der Waals surface area (Å²) >= 11 is 6.23. The van der Waals surface area contributed by atoms with E-state index in [2.05, 4.69) is 22.5 Å². The molecule has 3 N–H and O–H groups in total. The van der Waals surface area contributed by atoms with E-state index in [1.165, 1.54) is 19.1 Å². The number of halogens is 2. The molecular formula is C31H41ClFN3O5. The smallest absolute Gasteiger partial charge is 0.408 e. The minimum atomic E-state index is -1.00. The van der Waals surface area contributed by atoms with Crippen molar-refractivity contribution in [1.29, 1.82) is 0 Å². The van der Waals surface area contributed by atoms with E-state index in [0.29, 0.717) is 29.8 Å². The van der Waals surface area contributed by atoms with Gasteiger partial charge in [0, 0.05) is 22.9 Å². The molecule has 0 unspecified atom stereocenters. The maximum absolute atomic E-state index is 13.3. The Hall–Kier alpha value is -3.46. The Kier molecular flexibility index (Phi) is 12.8. The van der Waals surface area contributed by atoms with E-state index in [4.69, 9.17) is 16.3 Å². The van der Waals surface area contributed by atoms with Gasteiger partial charge in [-0.2, -0.15) is 0 Å². The van der Waals surface area contributed by atoms with Gasteiger partial charge in [0.05, 0.1) is 11.9 Å². The number of benzene rings is 1. The van der Waals surface area contributed by atoms with Crippen LogP contribution < -0.4 is 16.0 Å². The largest absolute Gasteiger partial charge is 0.440 e. The van der Waals surface area contributed by atoms with E-state index < -0.39 is 41.4 Å². The third-order valence-corrected chi connectivity index (χ3v) is 7.17. The molecular weight excluding hydrogens is 549 g/mol. The van der Waals surface area contributed by atoms with Crippen molar-refractivity contribution in [2.24, 2.45) is 11.8 Å². The van der Waals surface area contributed by atoms with Crippen molar-refractivity contribution in [3.63, 3.8) is 0 Å². The summed E-state index contributed by atoms with van der Waals surface area (Å²) in [4.78, 5) is 50.1. The van der Waals surface area contributed by atoms with Crippen molar-refractivity contribution in [1.82, 2.24) is 16.0 Å². The van der Waals surface area contributed by atoms with Gasteiger partial charge >= 0.3 is 6.09 Å². The summed E-state index contributed by atoms with van der Waals surface area (Å²) < 4.78 is 19.2. The second kappa shape index (κ2) is 15.5. The Morgan fingerprint density at radius 3 is 2.56 bits per heavy atom. The molecule has 0 spiro atoms. The maximum atomic E-state index is 13.3. The van der Waals surface area contributed by atoms with Crippen LogP contribution in [0.25, 0.3) is 0 Å². The Labute approximate surface area is 246 Å². The maximum Gasteiger partial charge on any atom is 0.408 e. The topological polar surface area (TPSA) is 114 Å². The highest BCUT2D eigenvalue weighted by atomic mass is 35.5. The Balaban J connectivity index is 2.25. The number of aldehydes is 1. The van der Waals surface area contributed by atoms with E-state index in [1.807, 2.05) is 33.8 Å². The molecule has 41 heavy (non-hydrogen) atoms. The predicted molar refractivity (Wildman–Crippen MR) is 158 cm³/mol. The van der Waals surface area contributed by atoms with E-state index in [1.54, 1.807) is 24.3 Å². The van der Waals surface area contributed by atoms with Crippen LogP contribution in [-0.2, 0) is 24.5 Å². The van der Waals surface area contributed by atoms with Crippen LogP contribution in [0.1, 0.15) is 59.4 Å². The van der Waals surface area contributed by atoms with Crippen LogP contribution in [0, 0.1) is 11.8 Å². The summed E-state index contributed by atoms with van der Waals surface area (Å²) in [5.74, 6) is -1.45. The molecule has 0 aliphatic carbocycles. The van der Waals surface area contributed by atoms with Gasteiger partial charge in [-0.25, -0.2) is 9.18 Å². The molecule has 0 bridgehead atoms. The zero-order valence-corrected chi connectivity index (χ0v) is 25.1. The van der Waals surface area contributed by atoms with Crippen LogP contribution in [0.3, 0.4) is 0 Å².